The Bertz CT molecular complexity index is 1730. The fraction of sp³-hybridized carbons (Fsp3) is 0.314. The number of esters is 1. The zero-order valence-electron chi connectivity index (χ0n) is 26.2. The number of rotatable bonds is 13. The summed E-state index contributed by atoms with van der Waals surface area (Å²) in [6.07, 6.45) is 7.38. The van der Waals surface area contributed by atoms with Crippen LogP contribution in [-0.2, 0) is 40.2 Å². The van der Waals surface area contributed by atoms with Crippen LogP contribution in [-0.4, -0.2) is 47.7 Å². The number of thiophene rings is 1. The van der Waals surface area contributed by atoms with Gasteiger partial charge in [-0.15, -0.1) is 17.9 Å². The van der Waals surface area contributed by atoms with Gasteiger partial charge >= 0.3 is 5.97 Å². The molecule has 3 amide bonds. The van der Waals surface area contributed by atoms with Crippen LogP contribution in [0.4, 0.5) is 9.80 Å². The van der Waals surface area contributed by atoms with E-state index in [0.29, 0.717) is 47.3 Å². The molecule has 1 N–H and O–H groups in total. The number of carbonyl (C=O) groups is 4. The molecule has 3 aromatic rings. The van der Waals surface area contributed by atoms with Crippen LogP contribution in [0.25, 0.3) is 6.08 Å². The highest BCUT2D eigenvalue weighted by Crippen LogP contribution is 2.40. The summed E-state index contributed by atoms with van der Waals surface area (Å²) in [6.45, 7) is 7.92. The molecule has 0 unspecified atom stereocenters. The van der Waals surface area contributed by atoms with Gasteiger partial charge in [-0.05, 0) is 105 Å². The lowest BCUT2D eigenvalue weighted by Gasteiger charge is -2.17. The van der Waals surface area contributed by atoms with Crippen molar-refractivity contribution in [2.75, 3.05) is 25.1 Å². The summed E-state index contributed by atoms with van der Waals surface area (Å²) in [6, 6.07) is 11.5. The maximum absolute atomic E-state index is 13.4. The zero-order valence-corrected chi connectivity index (χ0v) is 29.4. The normalized spacial score (nSPS) is 15.0. The van der Waals surface area contributed by atoms with Gasteiger partial charge in [-0.1, -0.05) is 34.1 Å². The molecular formula is C35H35BrN2O7S2. The minimum absolute atomic E-state index is 0.178. The monoisotopic (exact) mass is 738 g/mol. The number of benzene rings is 2. The van der Waals surface area contributed by atoms with Gasteiger partial charge < -0.3 is 19.5 Å². The van der Waals surface area contributed by atoms with E-state index < -0.39 is 29.6 Å². The molecular weight excluding hydrogens is 704 g/mol. The van der Waals surface area contributed by atoms with Crippen molar-refractivity contribution in [3.8, 4) is 11.5 Å². The smallest absolute Gasteiger partial charge is 0.341 e. The fourth-order valence-electron chi connectivity index (χ4n) is 5.41. The van der Waals surface area contributed by atoms with Crippen molar-refractivity contribution in [2.24, 2.45) is 0 Å². The van der Waals surface area contributed by atoms with Gasteiger partial charge in [-0.25, -0.2) is 4.79 Å². The molecule has 12 heteroatoms. The number of hydrogen-bond acceptors (Lipinski definition) is 9. The Balaban J connectivity index is 1.34. The molecule has 47 heavy (non-hydrogen) atoms. The van der Waals surface area contributed by atoms with Crippen LogP contribution >= 0.6 is 39.0 Å². The van der Waals surface area contributed by atoms with E-state index in [1.807, 2.05) is 37.3 Å². The number of carbonyl (C=O) groups excluding carboxylic acids is 4. The van der Waals surface area contributed by atoms with Gasteiger partial charge in [0.1, 0.15) is 18.2 Å². The molecule has 0 radical (unpaired) electrons. The topological polar surface area (TPSA) is 111 Å². The first kappa shape index (κ1) is 34.5. The highest BCUT2D eigenvalue weighted by atomic mass is 79.9. The van der Waals surface area contributed by atoms with Crippen LogP contribution in [0.15, 0.2) is 58.4 Å². The Hall–Kier alpha value is -3.87. The molecule has 1 aromatic heterocycles. The number of anilines is 1. The highest BCUT2D eigenvalue weighted by molar-refractivity contribution is 9.10. The van der Waals surface area contributed by atoms with Crippen LogP contribution in [0.2, 0.25) is 0 Å². The molecule has 2 heterocycles. The Morgan fingerprint density at radius 2 is 1.83 bits per heavy atom. The number of ether oxygens (including phenoxy) is 3. The highest BCUT2D eigenvalue weighted by Gasteiger charge is 2.37. The van der Waals surface area contributed by atoms with Crippen molar-refractivity contribution < 1.29 is 33.4 Å². The minimum Gasteiger partial charge on any atom is -0.490 e. The molecule has 0 spiro atoms. The van der Waals surface area contributed by atoms with E-state index in [-0.39, 0.29) is 11.5 Å². The predicted molar refractivity (Wildman–Crippen MR) is 188 cm³/mol. The molecule has 2 aromatic carbocycles. The number of halogens is 1. The molecule has 1 saturated heterocycles. The molecule has 1 aliphatic heterocycles. The third kappa shape index (κ3) is 8.17. The van der Waals surface area contributed by atoms with Gasteiger partial charge in [0.2, 0.25) is 5.91 Å². The Labute approximate surface area is 290 Å². The van der Waals surface area contributed by atoms with E-state index in [2.05, 4.69) is 27.8 Å². The number of amides is 3. The second kappa shape index (κ2) is 15.8. The SMILES string of the molecule is C=CCc1cc(C=C2SC(=O)N(CC(=O)Nc3sc4c(c3C(=O)OCC)CCCC4)C2=O)cc(OCC)c1OCc1ccc(Br)cc1. The molecule has 9 nitrogen and oxygen atoms in total. The number of hydrogen-bond donors (Lipinski definition) is 1. The number of thioether (sulfide) groups is 1. The van der Waals surface area contributed by atoms with Gasteiger partial charge in [0.25, 0.3) is 11.1 Å². The Kier molecular flexibility index (Phi) is 11.6. The summed E-state index contributed by atoms with van der Waals surface area (Å²) in [5.74, 6) is -0.552. The molecule has 0 saturated carbocycles. The Morgan fingerprint density at radius 3 is 2.55 bits per heavy atom. The predicted octanol–water partition coefficient (Wildman–Crippen LogP) is 7.95. The molecule has 0 bridgehead atoms. The van der Waals surface area contributed by atoms with Crippen molar-refractivity contribution in [1.82, 2.24) is 4.90 Å². The van der Waals surface area contributed by atoms with E-state index in [1.54, 1.807) is 25.1 Å². The standard InChI is InChI=1S/C35H35BrN2O7S2/c1-4-9-23-16-22(17-26(43-5-2)31(23)45-20-21-12-14-24(36)15-13-21)18-28-33(40)38(35(42)47-28)19-29(39)37-32-30(34(41)44-6-3)25-10-7-8-11-27(25)46-32/h4,12-18H,1,5-11,19-20H2,2-3H3,(H,37,39). The van der Waals surface area contributed by atoms with Crippen molar-refractivity contribution in [2.45, 2.75) is 52.6 Å². The largest absolute Gasteiger partial charge is 0.490 e. The van der Waals surface area contributed by atoms with Crippen LogP contribution in [0.3, 0.4) is 0 Å². The van der Waals surface area contributed by atoms with Crippen LogP contribution < -0.4 is 14.8 Å². The summed E-state index contributed by atoms with van der Waals surface area (Å²) in [7, 11) is 0. The number of allylic oxidation sites excluding steroid dienone is 1. The van der Waals surface area contributed by atoms with Gasteiger partial charge in [0, 0.05) is 14.9 Å². The summed E-state index contributed by atoms with van der Waals surface area (Å²) in [5, 5.41) is 2.61. The van der Waals surface area contributed by atoms with Crippen molar-refractivity contribution in [3.63, 3.8) is 0 Å². The first-order chi connectivity index (χ1) is 22.7. The van der Waals surface area contributed by atoms with Crippen LogP contribution in [0, 0.1) is 0 Å². The van der Waals surface area contributed by atoms with E-state index in [1.165, 1.54) is 11.3 Å². The summed E-state index contributed by atoms with van der Waals surface area (Å²) < 4.78 is 18.4. The van der Waals surface area contributed by atoms with Crippen molar-refractivity contribution in [1.29, 1.82) is 0 Å². The number of imide groups is 1. The average Bonchev–Trinajstić information content (AvgIpc) is 3.53. The second-order valence-electron chi connectivity index (χ2n) is 10.8. The number of nitrogens with one attached hydrogen (secondary N) is 1. The van der Waals surface area contributed by atoms with Gasteiger partial charge in [0.05, 0.1) is 23.7 Å². The summed E-state index contributed by atoms with van der Waals surface area (Å²) >= 11 is 5.56. The zero-order chi connectivity index (χ0) is 33.5. The van der Waals surface area contributed by atoms with Gasteiger partial charge in [-0.2, -0.15) is 0 Å². The lowest BCUT2D eigenvalue weighted by Crippen LogP contribution is -2.36. The fourth-order valence-corrected chi connectivity index (χ4v) is 7.80. The quantitative estimate of drug-likeness (QED) is 0.107. The van der Waals surface area contributed by atoms with Crippen LogP contribution in [0.5, 0.6) is 11.5 Å². The molecule has 1 aliphatic carbocycles. The maximum Gasteiger partial charge on any atom is 0.341 e. The lowest BCUT2D eigenvalue weighted by molar-refractivity contribution is -0.127. The van der Waals surface area contributed by atoms with Crippen molar-refractivity contribution >= 4 is 73.1 Å². The van der Waals surface area contributed by atoms with E-state index in [0.717, 1.165) is 68.4 Å². The maximum atomic E-state index is 13.4. The second-order valence-corrected chi connectivity index (χ2v) is 13.8. The summed E-state index contributed by atoms with van der Waals surface area (Å²) in [4.78, 5) is 54.4. The van der Waals surface area contributed by atoms with E-state index >= 15 is 0 Å². The van der Waals surface area contributed by atoms with Gasteiger partial charge in [0.15, 0.2) is 11.5 Å². The number of nitrogens with zero attached hydrogens (tertiary/aromatic N) is 1. The van der Waals surface area contributed by atoms with E-state index in [9.17, 15) is 19.2 Å². The molecule has 5 rings (SSSR count). The molecule has 0 atom stereocenters. The lowest BCUT2D eigenvalue weighted by atomic mass is 9.95. The Morgan fingerprint density at radius 1 is 1.06 bits per heavy atom. The molecule has 2 aliphatic rings. The first-order valence-corrected chi connectivity index (χ1v) is 17.8. The van der Waals surface area contributed by atoms with Crippen molar-refractivity contribution in [3.05, 3.63) is 91.1 Å². The first-order valence-electron chi connectivity index (χ1n) is 15.4. The molecule has 246 valence electrons. The third-order valence-corrected chi connectivity index (χ3v) is 10.1. The minimum atomic E-state index is -0.579. The average molecular weight is 740 g/mol. The number of fused-ring (bicyclic) bond motifs is 1. The molecule has 1 fully saturated rings. The number of aryl methyl sites for hydroxylation is 1. The van der Waals surface area contributed by atoms with Crippen LogP contribution in [0.1, 0.15) is 64.2 Å². The summed E-state index contributed by atoms with van der Waals surface area (Å²) in [5.41, 5.74) is 3.72. The van der Waals surface area contributed by atoms with Gasteiger partial charge in [-0.3, -0.25) is 19.3 Å². The third-order valence-electron chi connectivity index (χ3n) is 7.49. The van der Waals surface area contributed by atoms with E-state index in [4.69, 9.17) is 14.2 Å².